The molecule has 3 aromatic carbocycles. The van der Waals surface area contributed by atoms with Gasteiger partial charge in [0.1, 0.15) is 22.8 Å². The Morgan fingerprint density at radius 3 is 2.54 bits per heavy atom. The van der Waals surface area contributed by atoms with Crippen LogP contribution in [0.1, 0.15) is 17.5 Å². The van der Waals surface area contributed by atoms with E-state index >= 15 is 0 Å². The summed E-state index contributed by atoms with van der Waals surface area (Å²) in [4.78, 5) is 7.00. The lowest BCUT2D eigenvalue weighted by atomic mass is 10.1. The average Bonchev–Trinajstić information content (AvgIpc) is 3.29. The van der Waals surface area contributed by atoms with Crippen LogP contribution in [0.25, 0.3) is 11.0 Å². The number of halogens is 2. The Hall–Kier alpha value is -3.41. The molecule has 6 heteroatoms. The van der Waals surface area contributed by atoms with Crippen LogP contribution in [0.2, 0.25) is 0 Å². The summed E-state index contributed by atoms with van der Waals surface area (Å²) in [6, 6.07) is 15.6. The van der Waals surface area contributed by atoms with Gasteiger partial charge >= 0.3 is 0 Å². The zero-order valence-corrected chi connectivity index (χ0v) is 14.9. The molecule has 28 heavy (non-hydrogen) atoms. The molecule has 0 unspecified atom stereocenters. The minimum atomic E-state index is -0.697. The van der Waals surface area contributed by atoms with E-state index in [9.17, 15) is 8.78 Å². The van der Waals surface area contributed by atoms with Crippen molar-refractivity contribution in [2.45, 2.75) is 19.3 Å². The molecule has 1 heterocycles. The SMILES string of the molecule is Fc1cc(F)c2nc(Nc3ccc(Oc4ccc5c(c4)CCC5)cc3)[nH]c2c1. The Labute approximate surface area is 160 Å². The fraction of sp³-hybridized carbons (Fsp3) is 0.136. The first-order valence-corrected chi connectivity index (χ1v) is 9.15. The van der Waals surface area contributed by atoms with Gasteiger partial charge in [-0.2, -0.15) is 0 Å². The topological polar surface area (TPSA) is 49.9 Å². The van der Waals surface area contributed by atoms with Crippen molar-refractivity contribution < 1.29 is 13.5 Å². The first kappa shape index (κ1) is 16.7. The third-order valence-electron chi connectivity index (χ3n) is 4.93. The number of aromatic nitrogens is 2. The third-order valence-corrected chi connectivity index (χ3v) is 4.93. The molecule has 0 bridgehead atoms. The van der Waals surface area contributed by atoms with Crippen molar-refractivity contribution in [3.05, 3.63) is 77.4 Å². The number of benzene rings is 3. The number of fused-ring (bicyclic) bond motifs is 2. The van der Waals surface area contributed by atoms with E-state index in [0.29, 0.717) is 11.5 Å². The number of ether oxygens (including phenoxy) is 1. The monoisotopic (exact) mass is 377 g/mol. The van der Waals surface area contributed by atoms with Crippen molar-refractivity contribution in [1.29, 1.82) is 0 Å². The zero-order valence-electron chi connectivity index (χ0n) is 14.9. The number of anilines is 2. The second kappa shape index (κ2) is 6.64. The predicted molar refractivity (Wildman–Crippen MR) is 104 cm³/mol. The molecule has 4 aromatic rings. The van der Waals surface area contributed by atoms with Gasteiger partial charge in [0.2, 0.25) is 5.95 Å². The number of aryl methyl sites for hydroxylation is 2. The van der Waals surface area contributed by atoms with Crippen molar-refractivity contribution in [3.63, 3.8) is 0 Å². The highest BCUT2D eigenvalue weighted by molar-refractivity contribution is 5.79. The number of hydrogen-bond acceptors (Lipinski definition) is 3. The number of H-pyrrole nitrogens is 1. The van der Waals surface area contributed by atoms with Gasteiger partial charge in [-0.05, 0) is 72.9 Å². The van der Waals surface area contributed by atoms with E-state index in [2.05, 4.69) is 27.4 Å². The Morgan fingerprint density at radius 1 is 0.893 bits per heavy atom. The lowest BCUT2D eigenvalue weighted by molar-refractivity contribution is 0.482. The molecule has 0 spiro atoms. The van der Waals surface area contributed by atoms with E-state index in [1.807, 2.05) is 30.3 Å². The van der Waals surface area contributed by atoms with Gasteiger partial charge < -0.3 is 15.0 Å². The Morgan fingerprint density at radius 2 is 1.68 bits per heavy atom. The molecule has 4 nitrogen and oxygen atoms in total. The van der Waals surface area contributed by atoms with E-state index in [1.165, 1.54) is 23.6 Å². The van der Waals surface area contributed by atoms with Gasteiger partial charge in [-0.25, -0.2) is 13.8 Å². The molecule has 1 aliphatic carbocycles. The predicted octanol–water partition coefficient (Wildman–Crippen LogP) is 5.87. The van der Waals surface area contributed by atoms with Crippen LogP contribution in [-0.2, 0) is 12.8 Å². The highest BCUT2D eigenvalue weighted by Gasteiger charge is 2.12. The Bertz CT molecular complexity index is 1170. The average molecular weight is 377 g/mol. The fourth-order valence-electron chi connectivity index (χ4n) is 3.59. The number of hydrogen-bond donors (Lipinski definition) is 2. The van der Waals surface area contributed by atoms with E-state index < -0.39 is 11.6 Å². The summed E-state index contributed by atoms with van der Waals surface area (Å²) in [6.07, 6.45) is 3.46. The molecule has 0 atom stereocenters. The summed E-state index contributed by atoms with van der Waals surface area (Å²) < 4.78 is 33.0. The molecule has 5 rings (SSSR count). The second-order valence-corrected chi connectivity index (χ2v) is 6.90. The minimum Gasteiger partial charge on any atom is -0.457 e. The van der Waals surface area contributed by atoms with Crippen LogP contribution in [0.4, 0.5) is 20.4 Å². The highest BCUT2D eigenvalue weighted by atomic mass is 19.1. The van der Waals surface area contributed by atoms with E-state index in [4.69, 9.17) is 4.74 Å². The quantitative estimate of drug-likeness (QED) is 0.468. The summed E-state index contributed by atoms with van der Waals surface area (Å²) in [7, 11) is 0. The van der Waals surface area contributed by atoms with Gasteiger partial charge in [0.25, 0.3) is 0 Å². The second-order valence-electron chi connectivity index (χ2n) is 6.90. The van der Waals surface area contributed by atoms with Crippen molar-refractivity contribution in [3.8, 4) is 11.5 Å². The van der Waals surface area contributed by atoms with Crippen molar-refractivity contribution >= 4 is 22.7 Å². The molecular weight excluding hydrogens is 360 g/mol. The van der Waals surface area contributed by atoms with Gasteiger partial charge in [0, 0.05) is 11.8 Å². The molecular formula is C22H17F2N3O. The summed E-state index contributed by atoms with van der Waals surface area (Å²) in [5.41, 5.74) is 3.93. The van der Waals surface area contributed by atoms with Gasteiger partial charge in [0.15, 0.2) is 5.82 Å². The summed E-state index contributed by atoms with van der Waals surface area (Å²) in [5, 5.41) is 3.05. The molecule has 1 aliphatic rings. The van der Waals surface area contributed by atoms with E-state index in [-0.39, 0.29) is 5.52 Å². The van der Waals surface area contributed by atoms with Crippen LogP contribution in [0.3, 0.4) is 0 Å². The number of nitrogens with zero attached hydrogens (tertiary/aromatic N) is 1. The van der Waals surface area contributed by atoms with Crippen LogP contribution >= 0.6 is 0 Å². The first-order chi connectivity index (χ1) is 13.6. The normalized spacial score (nSPS) is 12.9. The molecule has 0 fully saturated rings. The molecule has 0 radical (unpaired) electrons. The van der Waals surface area contributed by atoms with Gasteiger partial charge in [-0.15, -0.1) is 0 Å². The Balaban J connectivity index is 1.32. The summed E-state index contributed by atoms with van der Waals surface area (Å²) >= 11 is 0. The van der Waals surface area contributed by atoms with Crippen molar-refractivity contribution in [2.24, 2.45) is 0 Å². The maximum Gasteiger partial charge on any atom is 0.205 e. The van der Waals surface area contributed by atoms with Crippen LogP contribution in [0, 0.1) is 11.6 Å². The molecule has 0 amide bonds. The highest BCUT2D eigenvalue weighted by Crippen LogP contribution is 2.30. The zero-order chi connectivity index (χ0) is 19.1. The van der Waals surface area contributed by atoms with Gasteiger partial charge in [0.05, 0.1) is 5.52 Å². The van der Waals surface area contributed by atoms with E-state index in [0.717, 1.165) is 36.1 Å². The molecule has 140 valence electrons. The van der Waals surface area contributed by atoms with Crippen LogP contribution < -0.4 is 10.1 Å². The maximum atomic E-state index is 13.8. The van der Waals surface area contributed by atoms with Gasteiger partial charge in [-0.3, -0.25) is 0 Å². The Kier molecular flexibility index (Phi) is 3.97. The fourth-order valence-corrected chi connectivity index (χ4v) is 3.59. The number of rotatable bonds is 4. The molecule has 0 saturated carbocycles. The first-order valence-electron chi connectivity index (χ1n) is 9.15. The van der Waals surface area contributed by atoms with E-state index in [1.54, 1.807) is 0 Å². The molecule has 0 aliphatic heterocycles. The molecule has 0 saturated heterocycles. The third kappa shape index (κ3) is 3.17. The van der Waals surface area contributed by atoms with Crippen LogP contribution in [0.5, 0.6) is 11.5 Å². The maximum absolute atomic E-state index is 13.8. The smallest absolute Gasteiger partial charge is 0.205 e. The van der Waals surface area contributed by atoms with Crippen molar-refractivity contribution in [2.75, 3.05) is 5.32 Å². The summed E-state index contributed by atoms with van der Waals surface area (Å²) in [6.45, 7) is 0. The van der Waals surface area contributed by atoms with Gasteiger partial charge in [-0.1, -0.05) is 6.07 Å². The number of nitrogens with one attached hydrogen (secondary N) is 2. The number of imidazole rings is 1. The number of aromatic amines is 1. The minimum absolute atomic E-state index is 0.0977. The molecule has 1 aromatic heterocycles. The lowest BCUT2D eigenvalue weighted by Crippen LogP contribution is -1.92. The van der Waals surface area contributed by atoms with Crippen molar-refractivity contribution in [1.82, 2.24) is 9.97 Å². The molecule has 2 N–H and O–H groups in total. The largest absolute Gasteiger partial charge is 0.457 e. The van der Waals surface area contributed by atoms with Crippen LogP contribution in [-0.4, -0.2) is 9.97 Å². The van der Waals surface area contributed by atoms with Crippen LogP contribution in [0.15, 0.2) is 54.6 Å². The standard InChI is InChI=1S/C22H17F2N3O/c23-15-11-19(24)21-20(12-15)26-22(27-21)25-16-5-8-17(9-6-16)28-18-7-4-13-2-1-3-14(13)10-18/h4-12H,1-3H2,(H2,25,26,27). The lowest BCUT2D eigenvalue weighted by Gasteiger charge is -2.09. The summed E-state index contributed by atoms with van der Waals surface area (Å²) in [5.74, 6) is 0.551.